The van der Waals surface area contributed by atoms with E-state index in [2.05, 4.69) is 22.6 Å². The highest BCUT2D eigenvalue weighted by molar-refractivity contribution is 5.22. The van der Waals surface area contributed by atoms with Gasteiger partial charge in [-0.1, -0.05) is 42.3 Å². The van der Waals surface area contributed by atoms with Gasteiger partial charge in [0.2, 0.25) is 5.89 Å². The van der Waals surface area contributed by atoms with Crippen molar-refractivity contribution >= 4 is 0 Å². The maximum Gasteiger partial charge on any atom is 0.229 e. The van der Waals surface area contributed by atoms with E-state index in [1.54, 1.807) is 0 Å². The molecule has 0 atom stereocenters. The van der Waals surface area contributed by atoms with Crippen molar-refractivity contribution in [3.63, 3.8) is 0 Å². The van der Waals surface area contributed by atoms with Crippen molar-refractivity contribution in [2.75, 3.05) is 0 Å². The summed E-state index contributed by atoms with van der Waals surface area (Å²) >= 11 is 0. The Morgan fingerprint density at radius 1 is 1.13 bits per heavy atom. The van der Waals surface area contributed by atoms with E-state index in [1.807, 2.05) is 12.1 Å². The summed E-state index contributed by atoms with van der Waals surface area (Å²) in [6.07, 6.45) is 6.88. The number of nitrogens with one attached hydrogen (secondary N) is 1. The molecular weight excluding hydrogens is 290 g/mol. The number of benzene rings is 1. The van der Waals surface area contributed by atoms with Crippen LogP contribution in [0.2, 0.25) is 0 Å². The molecule has 0 bridgehead atoms. The molecule has 1 aromatic heterocycles. The molecule has 2 saturated carbocycles. The third kappa shape index (κ3) is 3.03. The zero-order chi connectivity index (χ0) is 15.7. The first-order valence-electron chi connectivity index (χ1n) is 8.57. The van der Waals surface area contributed by atoms with Crippen LogP contribution < -0.4 is 5.32 Å². The van der Waals surface area contributed by atoms with Crippen LogP contribution in [0.25, 0.3) is 0 Å². The second-order valence-electron chi connectivity index (χ2n) is 6.85. The first-order chi connectivity index (χ1) is 11.3. The molecule has 4 rings (SSSR count). The first kappa shape index (κ1) is 14.8. The van der Waals surface area contributed by atoms with E-state index in [-0.39, 0.29) is 12.1 Å². The lowest BCUT2D eigenvalue weighted by atomic mass is 9.96. The molecule has 2 N–H and O–H groups in total. The van der Waals surface area contributed by atoms with Gasteiger partial charge < -0.3 is 14.9 Å². The van der Waals surface area contributed by atoms with Crippen LogP contribution in [0.4, 0.5) is 0 Å². The summed E-state index contributed by atoms with van der Waals surface area (Å²) in [5.41, 5.74) is 2.00. The highest BCUT2D eigenvalue weighted by atomic mass is 16.5. The van der Waals surface area contributed by atoms with Crippen molar-refractivity contribution in [1.82, 2.24) is 15.5 Å². The van der Waals surface area contributed by atoms with E-state index < -0.39 is 0 Å². The van der Waals surface area contributed by atoms with Gasteiger partial charge in [-0.3, -0.25) is 0 Å². The average Bonchev–Trinajstić information content (AvgIpc) is 3.13. The van der Waals surface area contributed by atoms with E-state index in [0.717, 1.165) is 36.7 Å². The quantitative estimate of drug-likeness (QED) is 0.858. The fourth-order valence-corrected chi connectivity index (χ4v) is 3.42. The summed E-state index contributed by atoms with van der Waals surface area (Å²) in [6.45, 7) is 0.865. The largest absolute Gasteiger partial charge is 0.392 e. The fraction of sp³-hybridized carbons (Fsp3) is 0.556. The maximum absolute atomic E-state index is 9.13. The number of rotatable bonds is 6. The lowest BCUT2D eigenvalue weighted by Gasteiger charge is -2.27. The van der Waals surface area contributed by atoms with E-state index in [1.165, 1.54) is 31.2 Å². The molecule has 5 nitrogen and oxygen atoms in total. The smallest absolute Gasteiger partial charge is 0.229 e. The summed E-state index contributed by atoms with van der Waals surface area (Å²) in [5.74, 6) is 2.16. The molecule has 2 fully saturated rings. The van der Waals surface area contributed by atoms with E-state index in [4.69, 9.17) is 14.6 Å². The van der Waals surface area contributed by atoms with Crippen LogP contribution in [0.3, 0.4) is 0 Å². The number of hydrogen-bond acceptors (Lipinski definition) is 5. The molecule has 2 aromatic rings. The van der Waals surface area contributed by atoms with Gasteiger partial charge in [-0.25, -0.2) is 0 Å². The van der Waals surface area contributed by atoms with Crippen molar-refractivity contribution in [3.05, 3.63) is 47.1 Å². The SMILES string of the molecule is OCc1ccc(CNC2(c3noc(C4CC4)n3)CCCC2)cc1. The summed E-state index contributed by atoms with van der Waals surface area (Å²) in [5, 5.41) is 17.1. The Labute approximate surface area is 136 Å². The highest BCUT2D eigenvalue weighted by Gasteiger charge is 2.41. The van der Waals surface area contributed by atoms with Gasteiger partial charge in [-0.2, -0.15) is 4.98 Å². The molecule has 0 unspecified atom stereocenters. The van der Waals surface area contributed by atoms with Crippen molar-refractivity contribution in [2.45, 2.75) is 63.1 Å². The number of aromatic nitrogens is 2. The third-order valence-electron chi connectivity index (χ3n) is 5.09. The molecule has 1 heterocycles. The maximum atomic E-state index is 9.13. The fourth-order valence-electron chi connectivity index (χ4n) is 3.42. The number of nitrogens with zero attached hydrogens (tertiary/aromatic N) is 2. The number of hydrogen-bond donors (Lipinski definition) is 2. The monoisotopic (exact) mass is 313 g/mol. The van der Waals surface area contributed by atoms with Crippen LogP contribution in [0.15, 0.2) is 28.8 Å². The van der Waals surface area contributed by atoms with Crippen molar-refractivity contribution in [1.29, 1.82) is 0 Å². The minimum atomic E-state index is -0.147. The number of aliphatic hydroxyl groups is 1. The Hall–Kier alpha value is -1.72. The van der Waals surface area contributed by atoms with Gasteiger partial charge in [0.1, 0.15) is 0 Å². The molecule has 23 heavy (non-hydrogen) atoms. The first-order valence-corrected chi connectivity index (χ1v) is 8.57. The topological polar surface area (TPSA) is 71.2 Å². The summed E-state index contributed by atoms with van der Waals surface area (Å²) in [7, 11) is 0. The highest BCUT2D eigenvalue weighted by Crippen LogP contribution is 2.42. The normalized spacial score (nSPS) is 20.0. The second-order valence-corrected chi connectivity index (χ2v) is 6.85. The Morgan fingerprint density at radius 3 is 2.48 bits per heavy atom. The number of aliphatic hydroxyl groups excluding tert-OH is 1. The Balaban J connectivity index is 1.49. The van der Waals surface area contributed by atoms with Crippen molar-refractivity contribution in [2.24, 2.45) is 0 Å². The second kappa shape index (κ2) is 6.06. The molecule has 0 aliphatic heterocycles. The van der Waals surface area contributed by atoms with Gasteiger partial charge in [0.25, 0.3) is 0 Å². The summed E-state index contributed by atoms with van der Waals surface area (Å²) in [6, 6.07) is 8.07. The van der Waals surface area contributed by atoms with E-state index in [9.17, 15) is 0 Å². The van der Waals surface area contributed by atoms with Crippen LogP contribution >= 0.6 is 0 Å². The van der Waals surface area contributed by atoms with Crippen molar-refractivity contribution < 1.29 is 9.63 Å². The minimum Gasteiger partial charge on any atom is -0.392 e. The van der Waals surface area contributed by atoms with Gasteiger partial charge in [-0.15, -0.1) is 0 Å². The van der Waals surface area contributed by atoms with Crippen LogP contribution in [-0.2, 0) is 18.7 Å². The Bertz CT molecular complexity index is 655. The molecule has 1 aromatic carbocycles. The van der Waals surface area contributed by atoms with Crippen molar-refractivity contribution in [3.8, 4) is 0 Å². The zero-order valence-corrected chi connectivity index (χ0v) is 13.3. The summed E-state index contributed by atoms with van der Waals surface area (Å²) in [4.78, 5) is 4.69. The molecule has 122 valence electrons. The van der Waals surface area contributed by atoms with Gasteiger partial charge in [-0.05, 0) is 36.8 Å². The van der Waals surface area contributed by atoms with E-state index >= 15 is 0 Å². The van der Waals surface area contributed by atoms with E-state index in [0.29, 0.717) is 5.92 Å². The standard InChI is InChI=1S/C18H23N3O2/c22-12-14-5-3-13(4-6-14)11-19-18(9-1-2-10-18)17-20-16(23-21-17)15-7-8-15/h3-6,15,19,22H,1-2,7-12H2. The average molecular weight is 313 g/mol. The van der Waals surface area contributed by atoms with Crippen LogP contribution in [-0.4, -0.2) is 15.2 Å². The lowest BCUT2D eigenvalue weighted by molar-refractivity contribution is 0.281. The predicted molar refractivity (Wildman–Crippen MR) is 85.6 cm³/mol. The molecule has 0 saturated heterocycles. The molecule has 0 spiro atoms. The zero-order valence-electron chi connectivity index (χ0n) is 13.3. The molecule has 0 amide bonds. The predicted octanol–water partition coefficient (Wildman–Crippen LogP) is 3.00. The van der Waals surface area contributed by atoms with Gasteiger partial charge in [0.05, 0.1) is 12.1 Å². The minimum absolute atomic E-state index is 0.0877. The van der Waals surface area contributed by atoms with Crippen LogP contribution in [0.5, 0.6) is 0 Å². The summed E-state index contributed by atoms with van der Waals surface area (Å²) < 4.78 is 5.48. The molecule has 5 heteroatoms. The van der Waals surface area contributed by atoms with Crippen LogP contribution in [0.1, 0.15) is 67.3 Å². The third-order valence-corrected chi connectivity index (χ3v) is 5.09. The van der Waals surface area contributed by atoms with Crippen LogP contribution in [0, 0.1) is 0 Å². The molecular formula is C18H23N3O2. The Kier molecular flexibility index (Phi) is 3.91. The molecule has 0 radical (unpaired) electrons. The molecule has 2 aliphatic rings. The Morgan fingerprint density at radius 2 is 1.83 bits per heavy atom. The van der Waals surface area contributed by atoms with Gasteiger partial charge in [0, 0.05) is 12.5 Å². The van der Waals surface area contributed by atoms with Gasteiger partial charge >= 0.3 is 0 Å². The lowest BCUT2D eigenvalue weighted by Crippen LogP contribution is -2.40. The molecule has 2 aliphatic carbocycles. The van der Waals surface area contributed by atoms with Gasteiger partial charge in [0.15, 0.2) is 5.82 Å².